The van der Waals surface area contributed by atoms with Crippen molar-refractivity contribution in [2.45, 2.75) is 149 Å². The molecule has 0 aliphatic rings. The Morgan fingerprint density at radius 3 is 1.41 bits per heavy atom. The first kappa shape index (κ1) is 57.0. The Balaban J connectivity index is 1.19. The second-order valence-electron chi connectivity index (χ2n) is 18.2. The van der Waals surface area contributed by atoms with Gasteiger partial charge < -0.3 is 33.2 Å². The SMILES string of the molecule is CCCCCCCCOc1ccc(C(=O)Oc2ccc(C(=O)Oc3ccc(OC(=O)c4ccc(O[C@@H](C)CCCCCC)cc4)cc3C(=O)OCCOc3ccc(C(=O)CCCCCCCC)cc3)cc2)cc1. The van der Waals surface area contributed by atoms with Crippen LogP contribution in [0.5, 0.6) is 34.5 Å². The van der Waals surface area contributed by atoms with Crippen LogP contribution in [0.4, 0.5) is 0 Å². The average Bonchev–Trinajstić information content (AvgIpc) is 3.40. The summed E-state index contributed by atoms with van der Waals surface area (Å²) in [4.78, 5) is 66.1. The number of carbonyl (C=O) groups is 5. The second kappa shape index (κ2) is 32.2. The average molecular weight is 999 g/mol. The summed E-state index contributed by atoms with van der Waals surface area (Å²) in [6.45, 7) is 8.98. The van der Waals surface area contributed by atoms with E-state index in [4.69, 9.17) is 33.2 Å². The molecule has 0 saturated heterocycles. The number of benzene rings is 5. The number of esters is 4. The zero-order chi connectivity index (χ0) is 52.0. The van der Waals surface area contributed by atoms with Gasteiger partial charge in [0.15, 0.2) is 5.78 Å². The van der Waals surface area contributed by atoms with E-state index in [1.54, 1.807) is 72.8 Å². The number of carbonyl (C=O) groups excluding carboxylic acids is 5. The van der Waals surface area contributed by atoms with Crippen molar-refractivity contribution < 1.29 is 57.1 Å². The van der Waals surface area contributed by atoms with E-state index < -0.39 is 23.9 Å². The molecular formula is C61H74O12. The molecule has 0 unspecified atom stereocenters. The van der Waals surface area contributed by atoms with Gasteiger partial charge in [0.05, 0.1) is 29.4 Å². The van der Waals surface area contributed by atoms with E-state index in [9.17, 15) is 24.0 Å². The van der Waals surface area contributed by atoms with Gasteiger partial charge in [-0.3, -0.25) is 4.79 Å². The smallest absolute Gasteiger partial charge is 0.343 e. The first-order chi connectivity index (χ1) is 35.6. The Bertz CT molecular complexity index is 2440. The molecule has 0 N–H and O–H groups in total. The van der Waals surface area contributed by atoms with Crippen molar-refractivity contribution in [3.8, 4) is 34.5 Å². The molecule has 0 fully saturated rings. The molecule has 0 radical (unpaired) electrons. The van der Waals surface area contributed by atoms with Gasteiger partial charge in [-0.05, 0) is 148 Å². The van der Waals surface area contributed by atoms with Gasteiger partial charge in [0.2, 0.25) is 0 Å². The molecule has 0 spiro atoms. The Morgan fingerprint density at radius 1 is 0.397 bits per heavy atom. The van der Waals surface area contributed by atoms with Crippen molar-refractivity contribution in [1.29, 1.82) is 0 Å². The van der Waals surface area contributed by atoms with E-state index >= 15 is 0 Å². The van der Waals surface area contributed by atoms with Crippen LogP contribution in [0.2, 0.25) is 0 Å². The van der Waals surface area contributed by atoms with Crippen molar-refractivity contribution in [1.82, 2.24) is 0 Å². The summed E-state index contributed by atoms with van der Waals surface area (Å²) in [7, 11) is 0. The summed E-state index contributed by atoms with van der Waals surface area (Å²) >= 11 is 0. The molecule has 73 heavy (non-hydrogen) atoms. The fourth-order valence-electron chi connectivity index (χ4n) is 7.87. The van der Waals surface area contributed by atoms with E-state index in [1.165, 1.54) is 93.8 Å². The fraction of sp³-hybridized carbons (Fsp3) is 0.426. The minimum atomic E-state index is -0.870. The van der Waals surface area contributed by atoms with Crippen LogP contribution in [0.25, 0.3) is 0 Å². The molecule has 0 saturated carbocycles. The molecule has 12 heteroatoms. The quantitative estimate of drug-likeness (QED) is 0.0167. The third kappa shape index (κ3) is 20.6. The fourth-order valence-corrected chi connectivity index (χ4v) is 7.87. The van der Waals surface area contributed by atoms with Gasteiger partial charge in [0.1, 0.15) is 53.3 Å². The number of rotatable bonds is 34. The van der Waals surface area contributed by atoms with Gasteiger partial charge in [-0.15, -0.1) is 0 Å². The van der Waals surface area contributed by atoms with E-state index in [0.717, 1.165) is 57.8 Å². The normalized spacial score (nSPS) is 11.3. The summed E-state index contributed by atoms with van der Waals surface area (Å²) in [5.74, 6) is -1.03. The Hall–Kier alpha value is -6.95. The molecule has 5 aromatic rings. The number of ether oxygens (including phenoxy) is 7. The van der Waals surface area contributed by atoms with Crippen LogP contribution < -0.4 is 28.4 Å². The number of unbranched alkanes of at least 4 members (excludes halogenated alkanes) is 13. The lowest BCUT2D eigenvalue weighted by atomic mass is 10.0. The Labute approximate surface area is 432 Å². The van der Waals surface area contributed by atoms with Crippen LogP contribution in [0.1, 0.15) is 195 Å². The van der Waals surface area contributed by atoms with Crippen LogP contribution in [-0.4, -0.2) is 55.6 Å². The maximum absolute atomic E-state index is 13.7. The van der Waals surface area contributed by atoms with Crippen molar-refractivity contribution in [2.24, 2.45) is 0 Å². The number of ketones is 1. The molecule has 0 heterocycles. The van der Waals surface area contributed by atoms with Crippen LogP contribution in [0.3, 0.4) is 0 Å². The second-order valence-corrected chi connectivity index (χ2v) is 18.2. The van der Waals surface area contributed by atoms with Crippen molar-refractivity contribution in [2.75, 3.05) is 19.8 Å². The van der Waals surface area contributed by atoms with Gasteiger partial charge in [-0.1, -0.05) is 104 Å². The Morgan fingerprint density at radius 2 is 0.836 bits per heavy atom. The van der Waals surface area contributed by atoms with Gasteiger partial charge >= 0.3 is 23.9 Å². The third-order valence-electron chi connectivity index (χ3n) is 12.2. The highest BCUT2D eigenvalue weighted by Crippen LogP contribution is 2.28. The molecule has 5 rings (SSSR count). The first-order valence-electron chi connectivity index (χ1n) is 26.4. The van der Waals surface area contributed by atoms with Crippen molar-refractivity contribution >= 4 is 29.7 Å². The predicted octanol–water partition coefficient (Wildman–Crippen LogP) is 15.0. The minimum Gasteiger partial charge on any atom is -0.494 e. The van der Waals surface area contributed by atoms with Gasteiger partial charge in [-0.25, -0.2) is 19.2 Å². The van der Waals surface area contributed by atoms with Gasteiger partial charge in [-0.2, -0.15) is 0 Å². The van der Waals surface area contributed by atoms with Crippen LogP contribution in [-0.2, 0) is 4.74 Å². The highest BCUT2D eigenvalue weighted by Gasteiger charge is 2.22. The third-order valence-corrected chi connectivity index (χ3v) is 12.2. The lowest BCUT2D eigenvalue weighted by molar-refractivity contribution is 0.0443. The molecule has 0 aliphatic carbocycles. The van der Waals surface area contributed by atoms with E-state index in [-0.39, 0.29) is 59.0 Å². The highest BCUT2D eigenvalue weighted by molar-refractivity contribution is 5.98. The minimum absolute atomic E-state index is 0.00154. The maximum atomic E-state index is 13.7. The van der Waals surface area contributed by atoms with Crippen LogP contribution in [0.15, 0.2) is 115 Å². The number of hydrogen-bond donors (Lipinski definition) is 0. The van der Waals surface area contributed by atoms with E-state index in [1.807, 2.05) is 6.92 Å². The summed E-state index contributed by atoms with van der Waals surface area (Å²) in [6.07, 6.45) is 19.7. The lowest BCUT2D eigenvalue weighted by Crippen LogP contribution is -2.16. The number of Topliss-reactive ketones (excluding diaryl/α,β-unsaturated/α-hetero) is 1. The van der Waals surface area contributed by atoms with Gasteiger partial charge in [0, 0.05) is 12.0 Å². The van der Waals surface area contributed by atoms with Crippen LogP contribution in [0, 0.1) is 0 Å². The van der Waals surface area contributed by atoms with E-state index in [2.05, 4.69) is 20.8 Å². The zero-order valence-corrected chi connectivity index (χ0v) is 43.3. The molecule has 390 valence electrons. The molecular weight excluding hydrogens is 925 g/mol. The predicted molar refractivity (Wildman–Crippen MR) is 283 cm³/mol. The van der Waals surface area contributed by atoms with Crippen molar-refractivity contribution in [3.63, 3.8) is 0 Å². The van der Waals surface area contributed by atoms with Crippen molar-refractivity contribution in [3.05, 3.63) is 143 Å². The topological polar surface area (TPSA) is 150 Å². The molecule has 1 atom stereocenters. The molecule has 12 nitrogen and oxygen atoms in total. The Kier molecular flexibility index (Phi) is 25.1. The first-order valence-corrected chi connectivity index (χ1v) is 26.4. The van der Waals surface area contributed by atoms with E-state index in [0.29, 0.717) is 41.4 Å². The summed E-state index contributed by atoms with van der Waals surface area (Å²) in [5, 5.41) is 0. The zero-order valence-electron chi connectivity index (χ0n) is 43.3. The summed E-state index contributed by atoms with van der Waals surface area (Å²) in [6, 6.07) is 30.0. The lowest BCUT2D eigenvalue weighted by Gasteiger charge is -2.15. The molecule has 5 aromatic carbocycles. The standard InChI is InChI=1S/C61H74O12/c1-5-8-11-14-16-19-22-56(62)46-23-31-51(32-24-46)68-42-43-69-61(66)55-44-54(72-59(64)48-27-35-52(36-28-48)70-45(4)21-18-13-10-7-3)39-40-57(55)73-60(65)49-29-37-53(38-30-49)71-58(63)47-25-33-50(34-26-47)67-41-20-17-15-12-9-6-2/h23-40,44-45H,5-22,41-43H2,1-4H3/t45-/m0/s1. The monoisotopic (exact) mass is 999 g/mol. The summed E-state index contributed by atoms with van der Waals surface area (Å²) < 4.78 is 40.2. The maximum Gasteiger partial charge on any atom is 0.343 e. The molecule has 0 amide bonds. The number of hydrogen-bond acceptors (Lipinski definition) is 12. The molecule has 0 aromatic heterocycles. The highest BCUT2D eigenvalue weighted by atomic mass is 16.6. The molecule has 0 bridgehead atoms. The molecule has 0 aliphatic heterocycles. The summed E-state index contributed by atoms with van der Waals surface area (Å²) in [5.41, 5.74) is 1.11. The van der Waals surface area contributed by atoms with Gasteiger partial charge in [0.25, 0.3) is 0 Å². The largest absolute Gasteiger partial charge is 0.494 e. The van der Waals surface area contributed by atoms with Crippen LogP contribution >= 0.6 is 0 Å².